The number of hydrogen-bond donors (Lipinski definition) is 1. The zero-order valence-corrected chi connectivity index (χ0v) is 15.3. The van der Waals surface area contributed by atoms with Crippen molar-refractivity contribution >= 4 is 11.8 Å². The molecule has 0 amide bonds. The lowest BCUT2D eigenvalue weighted by Gasteiger charge is -2.18. The van der Waals surface area contributed by atoms with Gasteiger partial charge in [-0.1, -0.05) is 38.0 Å². The summed E-state index contributed by atoms with van der Waals surface area (Å²) in [6.45, 7) is 2.09. The fourth-order valence-electron chi connectivity index (χ4n) is 3.18. The van der Waals surface area contributed by atoms with Gasteiger partial charge in [-0.25, -0.2) is 0 Å². The second kappa shape index (κ2) is 7.82. The minimum atomic E-state index is -4.72. The standard InChI is InChI=1S/C20H21F3O2S/c1-2-3-4-5-13-6-9-16(17(10-13)25-20(21,22)23)19-11-14-7-8-15(24)12-18(14)26-19/h6-10,12,19,24H,2-5,11H2,1H3. The van der Waals surface area contributed by atoms with Gasteiger partial charge >= 0.3 is 6.36 Å². The van der Waals surface area contributed by atoms with Crippen molar-refractivity contribution in [1.82, 2.24) is 0 Å². The number of benzene rings is 2. The van der Waals surface area contributed by atoms with E-state index in [1.54, 1.807) is 18.2 Å². The van der Waals surface area contributed by atoms with E-state index < -0.39 is 6.36 Å². The van der Waals surface area contributed by atoms with Crippen molar-refractivity contribution in [2.75, 3.05) is 0 Å². The normalized spacial score (nSPS) is 16.5. The Labute approximate surface area is 155 Å². The van der Waals surface area contributed by atoms with Crippen molar-refractivity contribution < 1.29 is 23.0 Å². The Morgan fingerprint density at radius 3 is 2.69 bits per heavy atom. The molecule has 0 saturated carbocycles. The van der Waals surface area contributed by atoms with Crippen LogP contribution in [0.5, 0.6) is 11.5 Å². The second-order valence-corrected chi connectivity index (χ2v) is 7.72. The van der Waals surface area contributed by atoms with Crippen molar-refractivity contribution in [3.63, 3.8) is 0 Å². The van der Waals surface area contributed by atoms with E-state index in [-0.39, 0.29) is 16.7 Å². The summed E-state index contributed by atoms with van der Waals surface area (Å²) < 4.78 is 43.1. The van der Waals surface area contributed by atoms with Crippen LogP contribution in [0.15, 0.2) is 41.3 Å². The van der Waals surface area contributed by atoms with Crippen molar-refractivity contribution in [2.24, 2.45) is 0 Å². The van der Waals surface area contributed by atoms with Crippen LogP contribution < -0.4 is 4.74 Å². The Morgan fingerprint density at radius 2 is 1.96 bits per heavy atom. The number of ether oxygens (including phenoxy) is 1. The van der Waals surface area contributed by atoms with Crippen LogP contribution in [0, 0.1) is 0 Å². The molecule has 1 N–H and O–H groups in total. The van der Waals surface area contributed by atoms with Gasteiger partial charge in [0, 0.05) is 15.7 Å². The Morgan fingerprint density at radius 1 is 1.15 bits per heavy atom. The fraction of sp³-hybridized carbons (Fsp3) is 0.400. The largest absolute Gasteiger partial charge is 0.573 e. The zero-order chi connectivity index (χ0) is 18.7. The number of unbranched alkanes of at least 4 members (excludes halogenated alkanes) is 2. The number of aromatic hydroxyl groups is 1. The molecular weight excluding hydrogens is 361 g/mol. The van der Waals surface area contributed by atoms with E-state index >= 15 is 0 Å². The topological polar surface area (TPSA) is 29.5 Å². The van der Waals surface area contributed by atoms with Crippen LogP contribution >= 0.6 is 11.8 Å². The minimum absolute atomic E-state index is 0.110. The van der Waals surface area contributed by atoms with Crippen molar-refractivity contribution in [3.05, 3.63) is 53.1 Å². The lowest BCUT2D eigenvalue weighted by atomic mass is 10.00. The Hall–Kier alpha value is -1.82. The smallest absolute Gasteiger partial charge is 0.508 e. The molecule has 6 heteroatoms. The molecule has 0 radical (unpaired) electrons. The Balaban J connectivity index is 1.86. The number of alkyl halides is 3. The molecule has 0 fully saturated rings. The molecule has 0 saturated heterocycles. The van der Waals surface area contributed by atoms with Gasteiger partial charge in [-0.2, -0.15) is 0 Å². The lowest BCUT2D eigenvalue weighted by Crippen LogP contribution is -2.18. The van der Waals surface area contributed by atoms with Gasteiger partial charge in [-0.05, 0) is 48.6 Å². The van der Waals surface area contributed by atoms with Gasteiger partial charge in [0.05, 0.1) is 0 Å². The molecule has 2 aromatic rings. The van der Waals surface area contributed by atoms with Gasteiger partial charge in [-0.15, -0.1) is 24.9 Å². The van der Waals surface area contributed by atoms with Crippen molar-refractivity contribution in [3.8, 4) is 11.5 Å². The predicted molar refractivity (Wildman–Crippen MR) is 96.8 cm³/mol. The Bertz CT molecular complexity index is 774. The number of phenolic OH excluding ortho intramolecular Hbond substituents is 1. The molecule has 0 bridgehead atoms. The van der Waals surface area contributed by atoms with Crippen LogP contribution in [0.1, 0.15) is 48.1 Å². The maximum Gasteiger partial charge on any atom is 0.573 e. The summed E-state index contributed by atoms with van der Waals surface area (Å²) in [6, 6.07) is 10.3. The summed E-state index contributed by atoms with van der Waals surface area (Å²) in [5.74, 6) is 0.0518. The molecule has 3 rings (SSSR count). The highest BCUT2D eigenvalue weighted by atomic mass is 32.2. The highest BCUT2D eigenvalue weighted by Gasteiger charge is 2.34. The first-order chi connectivity index (χ1) is 12.4. The van der Waals surface area contributed by atoms with Crippen LogP contribution in [0.2, 0.25) is 0 Å². The molecule has 2 nitrogen and oxygen atoms in total. The highest BCUT2D eigenvalue weighted by molar-refractivity contribution is 7.99. The van der Waals surface area contributed by atoms with E-state index in [0.717, 1.165) is 41.7 Å². The monoisotopic (exact) mass is 382 g/mol. The summed E-state index contributed by atoms with van der Waals surface area (Å²) in [5.41, 5.74) is 2.43. The zero-order valence-electron chi connectivity index (χ0n) is 14.5. The first-order valence-electron chi connectivity index (χ1n) is 8.73. The molecule has 1 aliphatic rings. The van der Waals surface area contributed by atoms with E-state index in [1.165, 1.54) is 17.8 Å². The summed E-state index contributed by atoms with van der Waals surface area (Å²) in [4.78, 5) is 0.903. The summed E-state index contributed by atoms with van der Waals surface area (Å²) >= 11 is 1.46. The third-order valence-corrected chi connectivity index (χ3v) is 5.78. The Kier molecular flexibility index (Phi) is 5.70. The molecule has 1 aliphatic heterocycles. The molecule has 0 aromatic heterocycles. The molecular formula is C20H21F3O2S. The van der Waals surface area contributed by atoms with Crippen molar-refractivity contribution in [2.45, 2.75) is 55.5 Å². The van der Waals surface area contributed by atoms with Gasteiger partial charge in [0.15, 0.2) is 0 Å². The third-order valence-electron chi connectivity index (χ3n) is 4.44. The number of thioether (sulfide) groups is 1. The molecule has 2 aromatic carbocycles. The summed E-state index contributed by atoms with van der Waals surface area (Å²) in [6.07, 6.45) is -0.296. The molecule has 1 atom stereocenters. The van der Waals surface area contributed by atoms with Crippen LogP contribution in [0.25, 0.3) is 0 Å². The quantitative estimate of drug-likeness (QED) is 0.585. The number of rotatable bonds is 6. The molecule has 1 unspecified atom stereocenters. The van der Waals surface area contributed by atoms with Crippen LogP contribution in [-0.4, -0.2) is 11.5 Å². The van der Waals surface area contributed by atoms with Crippen molar-refractivity contribution in [1.29, 1.82) is 0 Å². The van der Waals surface area contributed by atoms with Gasteiger partial charge in [0.1, 0.15) is 11.5 Å². The summed E-state index contributed by atoms with van der Waals surface area (Å²) in [7, 11) is 0. The molecule has 26 heavy (non-hydrogen) atoms. The van der Waals surface area contributed by atoms with Crippen LogP contribution in [-0.2, 0) is 12.8 Å². The first-order valence-corrected chi connectivity index (χ1v) is 9.61. The maximum absolute atomic E-state index is 12.9. The van der Waals surface area contributed by atoms with E-state index in [2.05, 4.69) is 11.7 Å². The number of phenols is 1. The minimum Gasteiger partial charge on any atom is -0.508 e. The lowest BCUT2D eigenvalue weighted by molar-refractivity contribution is -0.274. The van der Waals surface area contributed by atoms with E-state index in [0.29, 0.717) is 12.0 Å². The third kappa shape index (κ3) is 4.67. The van der Waals surface area contributed by atoms with Crippen LogP contribution in [0.3, 0.4) is 0 Å². The number of hydrogen-bond acceptors (Lipinski definition) is 3. The average Bonchev–Trinajstić information content (AvgIpc) is 2.96. The molecule has 140 valence electrons. The SMILES string of the molecule is CCCCCc1ccc(C2Cc3ccc(O)cc3S2)c(OC(F)(F)F)c1. The molecule has 1 heterocycles. The van der Waals surface area contributed by atoms with E-state index in [1.807, 2.05) is 12.1 Å². The van der Waals surface area contributed by atoms with Gasteiger partial charge in [-0.3, -0.25) is 0 Å². The van der Waals surface area contributed by atoms with Gasteiger partial charge in [0.25, 0.3) is 0 Å². The number of fused-ring (bicyclic) bond motifs is 1. The second-order valence-electron chi connectivity index (χ2n) is 6.48. The average molecular weight is 382 g/mol. The number of aryl methyl sites for hydroxylation is 1. The molecule has 0 aliphatic carbocycles. The molecule has 0 spiro atoms. The fourth-order valence-corrected chi connectivity index (χ4v) is 4.56. The van der Waals surface area contributed by atoms with E-state index in [9.17, 15) is 18.3 Å². The highest BCUT2D eigenvalue weighted by Crippen LogP contribution is 2.50. The van der Waals surface area contributed by atoms with Gasteiger partial charge in [0.2, 0.25) is 0 Å². The van der Waals surface area contributed by atoms with Gasteiger partial charge < -0.3 is 9.84 Å². The number of halogens is 3. The predicted octanol–water partition coefficient (Wildman–Crippen LogP) is 6.41. The first kappa shape index (κ1) is 19.0. The van der Waals surface area contributed by atoms with Crippen LogP contribution in [0.4, 0.5) is 13.2 Å². The van der Waals surface area contributed by atoms with E-state index in [4.69, 9.17) is 0 Å². The maximum atomic E-state index is 12.9. The summed E-state index contributed by atoms with van der Waals surface area (Å²) in [5, 5.41) is 9.45.